The van der Waals surface area contributed by atoms with Crippen molar-refractivity contribution in [3.05, 3.63) is 96.3 Å². The average Bonchev–Trinajstić information content (AvgIpc) is 3.16. The van der Waals surface area contributed by atoms with Crippen LogP contribution in [-0.4, -0.2) is 28.6 Å². The predicted molar refractivity (Wildman–Crippen MR) is 123 cm³/mol. The van der Waals surface area contributed by atoms with Crippen LogP contribution in [0.15, 0.2) is 84.9 Å². The number of aromatic nitrogens is 2. The van der Waals surface area contributed by atoms with E-state index in [1.54, 1.807) is 0 Å². The number of fused-ring (bicyclic) bond motifs is 1. The van der Waals surface area contributed by atoms with E-state index >= 15 is 0 Å². The zero-order chi connectivity index (χ0) is 21.3. The van der Waals surface area contributed by atoms with Crippen LogP contribution in [0.3, 0.4) is 0 Å². The van der Waals surface area contributed by atoms with Crippen LogP contribution in [0.2, 0.25) is 0 Å². The average molecular weight is 414 g/mol. The lowest BCUT2D eigenvalue weighted by Gasteiger charge is -2.11. The van der Waals surface area contributed by atoms with Crippen molar-refractivity contribution in [3.63, 3.8) is 0 Å². The topological polar surface area (TPSA) is 56.2 Å². The predicted octanol–water partition coefficient (Wildman–Crippen LogP) is 4.41. The molecule has 0 fully saturated rings. The Morgan fingerprint density at radius 1 is 0.903 bits per heavy atom. The van der Waals surface area contributed by atoms with E-state index in [-0.39, 0.29) is 5.91 Å². The van der Waals surface area contributed by atoms with E-state index in [4.69, 9.17) is 9.72 Å². The van der Waals surface area contributed by atoms with Crippen molar-refractivity contribution in [2.45, 2.75) is 25.8 Å². The summed E-state index contributed by atoms with van der Waals surface area (Å²) in [5, 5.41) is 3.02. The number of nitrogens with one attached hydrogen (secondary N) is 1. The summed E-state index contributed by atoms with van der Waals surface area (Å²) in [6.45, 7) is 1.94. The second kappa shape index (κ2) is 10.4. The maximum absolute atomic E-state index is 12.2. The Kier molecular flexibility index (Phi) is 6.96. The van der Waals surface area contributed by atoms with Crippen molar-refractivity contribution in [3.8, 4) is 5.75 Å². The van der Waals surface area contributed by atoms with E-state index in [0.717, 1.165) is 47.6 Å². The molecule has 0 radical (unpaired) electrons. The highest BCUT2D eigenvalue weighted by Gasteiger charge is 2.11. The molecular formula is C26H27N3O2. The van der Waals surface area contributed by atoms with Gasteiger partial charge in [-0.1, -0.05) is 60.7 Å². The molecule has 0 unspecified atom stereocenters. The molecule has 4 aromatic rings. The van der Waals surface area contributed by atoms with E-state index in [1.807, 2.05) is 78.9 Å². The molecule has 1 aromatic heterocycles. The van der Waals surface area contributed by atoms with Gasteiger partial charge in [-0.2, -0.15) is 0 Å². The molecule has 0 atom stereocenters. The molecule has 0 bridgehead atoms. The van der Waals surface area contributed by atoms with Gasteiger partial charge in [0.15, 0.2) is 0 Å². The fourth-order valence-corrected chi connectivity index (χ4v) is 3.66. The molecule has 0 spiro atoms. The largest absolute Gasteiger partial charge is 0.492 e. The highest BCUT2D eigenvalue weighted by molar-refractivity contribution is 5.78. The van der Waals surface area contributed by atoms with Crippen molar-refractivity contribution >= 4 is 16.9 Å². The standard InChI is InChI=1S/C26H27N3O2/c30-26(20-21-10-3-1-4-11-21)27-17-9-16-25-28-23-14-7-8-15-24(23)29(25)18-19-31-22-12-5-2-6-13-22/h1-8,10-15H,9,16-20H2,(H,27,30). The second-order valence-corrected chi connectivity index (χ2v) is 7.45. The molecule has 1 amide bonds. The first-order valence-corrected chi connectivity index (χ1v) is 10.7. The van der Waals surface area contributed by atoms with Crippen molar-refractivity contribution in [1.82, 2.24) is 14.9 Å². The molecule has 0 saturated carbocycles. The monoisotopic (exact) mass is 413 g/mol. The van der Waals surface area contributed by atoms with Crippen molar-refractivity contribution < 1.29 is 9.53 Å². The van der Waals surface area contributed by atoms with Crippen LogP contribution in [0.5, 0.6) is 5.75 Å². The summed E-state index contributed by atoms with van der Waals surface area (Å²) in [4.78, 5) is 17.0. The summed E-state index contributed by atoms with van der Waals surface area (Å²) in [6, 6.07) is 27.8. The molecule has 4 rings (SSSR count). The minimum absolute atomic E-state index is 0.0518. The Labute approximate surface area is 182 Å². The second-order valence-electron chi connectivity index (χ2n) is 7.45. The summed E-state index contributed by atoms with van der Waals surface area (Å²) in [5.41, 5.74) is 3.13. The van der Waals surface area contributed by atoms with Gasteiger partial charge in [-0.15, -0.1) is 0 Å². The number of amides is 1. The first-order chi connectivity index (χ1) is 15.3. The van der Waals surface area contributed by atoms with Gasteiger partial charge in [0, 0.05) is 13.0 Å². The molecule has 1 N–H and O–H groups in total. The van der Waals surface area contributed by atoms with Gasteiger partial charge in [0.25, 0.3) is 0 Å². The lowest BCUT2D eigenvalue weighted by Crippen LogP contribution is -2.26. The van der Waals surface area contributed by atoms with Crippen LogP contribution in [0, 0.1) is 0 Å². The van der Waals surface area contributed by atoms with Crippen LogP contribution in [0.4, 0.5) is 0 Å². The Morgan fingerprint density at radius 3 is 2.42 bits per heavy atom. The molecular weight excluding hydrogens is 386 g/mol. The van der Waals surface area contributed by atoms with Gasteiger partial charge in [-0.25, -0.2) is 4.98 Å². The van der Waals surface area contributed by atoms with E-state index in [0.29, 0.717) is 19.6 Å². The Morgan fingerprint density at radius 2 is 1.61 bits per heavy atom. The minimum atomic E-state index is 0.0518. The molecule has 0 saturated heterocycles. The Hall–Kier alpha value is -3.60. The van der Waals surface area contributed by atoms with Gasteiger partial charge in [-0.3, -0.25) is 4.79 Å². The number of hydrogen-bond donors (Lipinski definition) is 1. The Bertz CT molecular complexity index is 1110. The summed E-state index contributed by atoms with van der Waals surface area (Å²) >= 11 is 0. The number of carbonyl (C=O) groups excluding carboxylic acids is 1. The van der Waals surface area contributed by atoms with Crippen LogP contribution < -0.4 is 10.1 Å². The van der Waals surface area contributed by atoms with Crippen LogP contribution >= 0.6 is 0 Å². The number of ether oxygens (including phenoxy) is 1. The number of hydrogen-bond acceptors (Lipinski definition) is 3. The zero-order valence-electron chi connectivity index (χ0n) is 17.5. The molecule has 1 heterocycles. The van der Waals surface area contributed by atoms with Gasteiger partial charge < -0.3 is 14.6 Å². The smallest absolute Gasteiger partial charge is 0.224 e. The summed E-state index contributed by atoms with van der Waals surface area (Å²) in [5.74, 6) is 1.95. The minimum Gasteiger partial charge on any atom is -0.492 e. The third kappa shape index (κ3) is 5.72. The molecule has 3 aromatic carbocycles. The van der Waals surface area contributed by atoms with Gasteiger partial charge in [0.05, 0.1) is 24.0 Å². The van der Waals surface area contributed by atoms with Gasteiger partial charge in [-0.05, 0) is 36.2 Å². The maximum atomic E-state index is 12.2. The maximum Gasteiger partial charge on any atom is 0.224 e. The third-order valence-corrected chi connectivity index (χ3v) is 5.17. The fourth-order valence-electron chi connectivity index (χ4n) is 3.66. The molecule has 5 heteroatoms. The van der Waals surface area contributed by atoms with Gasteiger partial charge in [0.2, 0.25) is 5.91 Å². The summed E-state index contributed by atoms with van der Waals surface area (Å²) < 4.78 is 8.12. The number of aryl methyl sites for hydroxylation is 1. The lowest BCUT2D eigenvalue weighted by molar-refractivity contribution is -0.120. The van der Waals surface area contributed by atoms with Crippen molar-refractivity contribution in [2.24, 2.45) is 0 Å². The SMILES string of the molecule is O=C(Cc1ccccc1)NCCCc1nc2ccccc2n1CCOc1ccccc1. The molecule has 31 heavy (non-hydrogen) atoms. The van der Waals surface area contributed by atoms with Gasteiger partial charge in [0.1, 0.15) is 18.2 Å². The van der Waals surface area contributed by atoms with E-state index < -0.39 is 0 Å². The summed E-state index contributed by atoms with van der Waals surface area (Å²) in [6.07, 6.45) is 2.05. The van der Waals surface area contributed by atoms with E-state index in [1.165, 1.54) is 0 Å². The Balaban J connectivity index is 1.32. The van der Waals surface area contributed by atoms with E-state index in [9.17, 15) is 4.79 Å². The van der Waals surface area contributed by atoms with Gasteiger partial charge >= 0.3 is 0 Å². The first kappa shape index (κ1) is 20.7. The number of rotatable bonds is 10. The molecule has 0 aliphatic rings. The molecule has 0 aliphatic heterocycles. The normalized spacial score (nSPS) is 10.8. The third-order valence-electron chi connectivity index (χ3n) is 5.17. The number of carbonyl (C=O) groups is 1. The quantitative estimate of drug-likeness (QED) is 0.392. The first-order valence-electron chi connectivity index (χ1n) is 10.7. The summed E-state index contributed by atoms with van der Waals surface area (Å²) in [7, 11) is 0. The number of nitrogens with zero attached hydrogens (tertiary/aromatic N) is 2. The van der Waals surface area contributed by atoms with Crippen molar-refractivity contribution in [1.29, 1.82) is 0 Å². The van der Waals surface area contributed by atoms with Crippen LogP contribution in [0.1, 0.15) is 17.8 Å². The fraction of sp³-hybridized carbons (Fsp3) is 0.231. The van der Waals surface area contributed by atoms with Crippen LogP contribution in [0.25, 0.3) is 11.0 Å². The molecule has 5 nitrogen and oxygen atoms in total. The van der Waals surface area contributed by atoms with Crippen molar-refractivity contribution in [2.75, 3.05) is 13.2 Å². The number of para-hydroxylation sites is 3. The van der Waals surface area contributed by atoms with Crippen LogP contribution in [-0.2, 0) is 24.2 Å². The zero-order valence-corrected chi connectivity index (χ0v) is 17.5. The molecule has 0 aliphatic carbocycles. The molecule has 158 valence electrons. The highest BCUT2D eigenvalue weighted by Crippen LogP contribution is 2.17. The van der Waals surface area contributed by atoms with E-state index in [2.05, 4.69) is 16.0 Å². The highest BCUT2D eigenvalue weighted by atomic mass is 16.5. The number of benzene rings is 3. The number of imidazole rings is 1. The lowest BCUT2D eigenvalue weighted by atomic mass is 10.1.